The number of benzene rings is 3. The van der Waals surface area contributed by atoms with Crippen molar-refractivity contribution in [1.29, 1.82) is 0 Å². The average Bonchev–Trinajstić information content (AvgIpc) is 3.62. The molecule has 13 nitrogen and oxygen atoms in total. The Balaban J connectivity index is 1.19. The lowest BCUT2D eigenvalue weighted by molar-refractivity contribution is 0.0667. The van der Waals surface area contributed by atoms with Gasteiger partial charge in [-0.2, -0.15) is 0 Å². The van der Waals surface area contributed by atoms with E-state index in [4.69, 9.17) is 19.9 Å². The largest absolute Gasteiger partial charge is 0.493 e. The average molecular weight is 708 g/mol. The van der Waals surface area contributed by atoms with Gasteiger partial charge in [0.15, 0.2) is 28.8 Å². The van der Waals surface area contributed by atoms with Gasteiger partial charge in [0.1, 0.15) is 22.6 Å². The number of methoxy groups -OCH3 is 2. The standard InChI is InChI=1S/C38H38FN7O6/c1-23(41-14-7-13-40)43-16-18-44(19-17-43)38(49)27-22-46-29-9-4-5-10-30(29)52-36-32(46)26(34(27)47)20-28(39)33(36)45-15-12-24(21-45)42-37(48)25-8-6-11-31(50-2)35(25)51-3/h4-11,13-14,20,22,24H,1,12,15-19,21,40H2,2-3H3,(H,42,48)/b13-7-,41-14-. The molecule has 3 N–H and O–H groups in total. The number of para-hydroxylation sites is 3. The normalized spacial score (nSPS) is 16.7. The lowest BCUT2D eigenvalue weighted by Gasteiger charge is -2.36. The first-order valence-corrected chi connectivity index (χ1v) is 16.8. The molecule has 7 rings (SSSR count). The summed E-state index contributed by atoms with van der Waals surface area (Å²) in [6.45, 7) is 6.31. The van der Waals surface area contributed by atoms with E-state index >= 15 is 4.39 Å². The van der Waals surface area contributed by atoms with Crippen molar-refractivity contribution in [3.63, 3.8) is 0 Å². The molecule has 3 aliphatic heterocycles. The fraction of sp³-hybridized carbons (Fsp3) is 0.263. The Labute approximate surface area is 299 Å². The summed E-state index contributed by atoms with van der Waals surface area (Å²) in [5.74, 6) is 0.434. The molecule has 3 aromatic carbocycles. The molecule has 2 amide bonds. The molecule has 52 heavy (non-hydrogen) atoms. The van der Waals surface area contributed by atoms with Crippen molar-refractivity contribution in [1.82, 2.24) is 19.7 Å². The third-order valence-electron chi connectivity index (χ3n) is 9.58. The summed E-state index contributed by atoms with van der Waals surface area (Å²) in [5.41, 5.74) is 6.16. The summed E-state index contributed by atoms with van der Waals surface area (Å²) in [4.78, 5) is 50.9. The number of rotatable bonds is 9. The molecular formula is C38H38FN7O6. The van der Waals surface area contributed by atoms with Gasteiger partial charge in [0.05, 0.1) is 30.9 Å². The summed E-state index contributed by atoms with van der Waals surface area (Å²) in [6.07, 6.45) is 6.57. The van der Waals surface area contributed by atoms with E-state index in [9.17, 15) is 14.4 Å². The first-order valence-electron chi connectivity index (χ1n) is 16.8. The summed E-state index contributed by atoms with van der Waals surface area (Å²) in [5, 5.41) is 3.07. The number of aromatic nitrogens is 1. The van der Waals surface area contributed by atoms with Crippen LogP contribution in [0.25, 0.3) is 16.6 Å². The number of anilines is 1. The molecule has 2 fully saturated rings. The van der Waals surface area contributed by atoms with E-state index in [2.05, 4.69) is 16.9 Å². The first kappa shape index (κ1) is 34.2. The fourth-order valence-corrected chi connectivity index (χ4v) is 7.01. The summed E-state index contributed by atoms with van der Waals surface area (Å²) >= 11 is 0. The number of aliphatic imine (C=N–C) groups is 1. The molecular weight excluding hydrogens is 669 g/mol. The number of nitrogens with zero attached hydrogens (tertiary/aromatic N) is 5. The number of carbonyl (C=O) groups excluding carboxylic acids is 2. The van der Waals surface area contributed by atoms with E-state index in [0.717, 1.165) is 0 Å². The van der Waals surface area contributed by atoms with Crippen LogP contribution in [0.1, 0.15) is 27.1 Å². The molecule has 0 saturated carbocycles. The smallest absolute Gasteiger partial charge is 0.259 e. The number of piperazine rings is 1. The van der Waals surface area contributed by atoms with Crippen LogP contribution in [0.5, 0.6) is 23.0 Å². The number of ether oxygens (including phenoxy) is 3. The van der Waals surface area contributed by atoms with E-state index in [-0.39, 0.29) is 40.9 Å². The van der Waals surface area contributed by atoms with Crippen LogP contribution < -0.4 is 35.6 Å². The van der Waals surface area contributed by atoms with Crippen LogP contribution in [0.4, 0.5) is 10.1 Å². The lowest BCUT2D eigenvalue weighted by atomic mass is 10.0. The van der Waals surface area contributed by atoms with Crippen LogP contribution >= 0.6 is 0 Å². The van der Waals surface area contributed by atoms with Crippen molar-refractivity contribution < 1.29 is 28.2 Å². The highest BCUT2D eigenvalue weighted by molar-refractivity contribution is 6.01. The zero-order chi connectivity index (χ0) is 36.5. The lowest BCUT2D eigenvalue weighted by Crippen LogP contribution is -2.48. The highest BCUT2D eigenvalue weighted by atomic mass is 19.1. The minimum atomic E-state index is -0.672. The molecule has 0 aliphatic carbocycles. The maximum atomic E-state index is 16.4. The van der Waals surface area contributed by atoms with Crippen LogP contribution in [0.15, 0.2) is 89.2 Å². The molecule has 268 valence electrons. The molecule has 4 heterocycles. The van der Waals surface area contributed by atoms with Gasteiger partial charge in [-0.1, -0.05) is 24.8 Å². The Hall–Kier alpha value is -6.31. The van der Waals surface area contributed by atoms with Crippen LogP contribution in [0, 0.1) is 5.82 Å². The van der Waals surface area contributed by atoms with Crippen molar-refractivity contribution in [2.24, 2.45) is 10.7 Å². The number of halogens is 1. The Morgan fingerprint density at radius 3 is 2.56 bits per heavy atom. The molecule has 1 aromatic heterocycles. The van der Waals surface area contributed by atoms with Gasteiger partial charge in [-0.05, 0) is 49.0 Å². The Bertz CT molecular complexity index is 2210. The highest BCUT2D eigenvalue weighted by Crippen LogP contribution is 2.47. The fourth-order valence-electron chi connectivity index (χ4n) is 7.01. The van der Waals surface area contributed by atoms with Gasteiger partial charge in [-0.15, -0.1) is 0 Å². The van der Waals surface area contributed by atoms with Crippen molar-refractivity contribution in [2.75, 3.05) is 58.4 Å². The van der Waals surface area contributed by atoms with Gasteiger partial charge in [0.25, 0.3) is 11.8 Å². The van der Waals surface area contributed by atoms with Gasteiger partial charge in [-0.25, -0.2) is 9.38 Å². The van der Waals surface area contributed by atoms with Gasteiger partial charge in [0.2, 0.25) is 5.43 Å². The van der Waals surface area contributed by atoms with E-state index in [1.807, 2.05) is 21.9 Å². The second-order valence-corrected chi connectivity index (χ2v) is 12.5. The molecule has 3 aliphatic rings. The minimum Gasteiger partial charge on any atom is -0.493 e. The molecule has 0 spiro atoms. The van der Waals surface area contributed by atoms with Crippen LogP contribution in [0.3, 0.4) is 0 Å². The summed E-state index contributed by atoms with van der Waals surface area (Å²) in [7, 11) is 2.97. The van der Waals surface area contributed by atoms with Gasteiger partial charge in [-0.3, -0.25) is 14.4 Å². The highest BCUT2D eigenvalue weighted by Gasteiger charge is 2.35. The molecule has 0 bridgehead atoms. The molecule has 0 radical (unpaired) electrons. The monoisotopic (exact) mass is 707 g/mol. The van der Waals surface area contributed by atoms with Crippen LogP contribution in [-0.2, 0) is 0 Å². The quantitative estimate of drug-likeness (QED) is 0.217. The van der Waals surface area contributed by atoms with Crippen LogP contribution in [-0.4, -0.2) is 91.9 Å². The Morgan fingerprint density at radius 1 is 1.04 bits per heavy atom. The predicted molar refractivity (Wildman–Crippen MR) is 196 cm³/mol. The zero-order valence-electron chi connectivity index (χ0n) is 28.8. The summed E-state index contributed by atoms with van der Waals surface area (Å²) in [6, 6.07) is 13.1. The topological polar surface area (TPSA) is 144 Å². The number of hydrogen-bond acceptors (Lipinski definition) is 10. The molecule has 4 aromatic rings. The molecule has 1 atom stereocenters. The second kappa shape index (κ2) is 14.1. The number of allylic oxidation sites excluding steroid dienone is 1. The van der Waals surface area contributed by atoms with Crippen molar-refractivity contribution in [3.05, 3.63) is 107 Å². The Morgan fingerprint density at radius 2 is 1.81 bits per heavy atom. The van der Waals surface area contributed by atoms with Gasteiger partial charge >= 0.3 is 0 Å². The number of pyridine rings is 1. The predicted octanol–water partition coefficient (Wildman–Crippen LogP) is 4.03. The molecule has 14 heteroatoms. The third-order valence-corrected chi connectivity index (χ3v) is 9.58. The SMILES string of the molecule is C=C(/N=C\C=C/N)N1CCN(C(=O)c2cn3c4c(c(N5CCC(NC(=O)c6cccc(OC)c6OC)C5)c(F)cc4c2=O)Oc2ccccc2-3)CC1. The molecule has 2 saturated heterocycles. The van der Waals surface area contributed by atoms with E-state index in [1.54, 1.807) is 52.1 Å². The number of carbonyl (C=O) groups is 2. The minimum absolute atomic E-state index is 0.0279. The second-order valence-electron chi connectivity index (χ2n) is 12.5. The van der Waals surface area contributed by atoms with Gasteiger partial charge < -0.3 is 44.5 Å². The molecule has 1 unspecified atom stereocenters. The number of fused-ring (bicyclic) bond motifs is 2. The number of nitrogens with two attached hydrogens (primary N) is 1. The maximum Gasteiger partial charge on any atom is 0.259 e. The maximum absolute atomic E-state index is 16.4. The number of hydrogen-bond donors (Lipinski definition) is 2. The zero-order valence-corrected chi connectivity index (χ0v) is 28.8. The number of nitrogens with one attached hydrogen (secondary N) is 1. The third kappa shape index (κ3) is 6.05. The van der Waals surface area contributed by atoms with Gasteiger partial charge in [0, 0.05) is 57.7 Å². The Kier molecular flexibility index (Phi) is 9.28. The van der Waals surface area contributed by atoms with E-state index in [1.165, 1.54) is 32.7 Å². The van der Waals surface area contributed by atoms with E-state index < -0.39 is 17.2 Å². The van der Waals surface area contributed by atoms with Crippen molar-refractivity contribution in [2.45, 2.75) is 12.5 Å². The van der Waals surface area contributed by atoms with Crippen LogP contribution in [0.2, 0.25) is 0 Å². The summed E-state index contributed by atoms with van der Waals surface area (Å²) < 4.78 is 35.3. The van der Waals surface area contributed by atoms with Crippen molar-refractivity contribution in [3.8, 4) is 28.7 Å². The number of amides is 2. The van der Waals surface area contributed by atoms with E-state index in [0.29, 0.717) is 79.0 Å². The first-order chi connectivity index (χ1) is 25.2. The van der Waals surface area contributed by atoms with Crippen molar-refractivity contribution >= 4 is 34.6 Å².